The predicted molar refractivity (Wildman–Crippen MR) is 77.5 cm³/mol. The number of hydrogen-bond acceptors (Lipinski definition) is 5. The second kappa shape index (κ2) is 7.08. The van der Waals surface area contributed by atoms with Crippen molar-refractivity contribution in [1.29, 1.82) is 0 Å². The molecule has 6 nitrogen and oxygen atoms in total. The molecule has 0 saturated carbocycles. The van der Waals surface area contributed by atoms with Crippen molar-refractivity contribution in [2.75, 3.05) is 13.2 Å². The summed E-state index contributed by atoms with van der Waals surface area (Å²) in [5.41, 5.74) is 4.00. The van der Waals surface area contributed by atoms with Crippen molar-refractivity contribution in [1.82, 2.24) is 5.43 Å². The van der Waals surface area contributed by atoms with E-state index in [4.69, 9.17) is 21.1 Å². The average Bonchev–Trinajstić information content (AvgIpc) is 2.47. The van der Waals surface area contributed by atoms with Gasteiger partial charge < -0.3 is 9.47 Å². The number of rotatable bonds is 5. The number of nitrogens with one attached hydrogen (secondary N) is 1. The van der Waals surface area contributed by atoms with Crippen LogP contribution in [-0.2, 0) is 14.3 Å². The highest BCUT2D eigenvalue weighted by Gasteiger charge is 2.15. The Labute approximate surface area is 127 Å². The van der Waals surface area contributed by atoms with Gasteiger partial charge in [-0.15, -0.1) is 0 Å². The third-order valence-corrected chi connectivity index (χ3v) is 3.12. The molecule has 2 rings (SSSR count). The fourth-order valence-corrected chi connectivity index (χ4v) is 2.05. The van der Waals surface area contributed by atoms with Gasteiger partial charge in [0.15, 0.2) is 6.61 Å². The molecule has 0 fully saturated rings. The second-order valence-electron chi connectivity index (χ2n) is 4.33. The maximum Gasteiger partial charge on any atom is 0.344 e. The van der Waals surface area contributed by atoms with Crippen LogP contribution in [0.25, 0.3) is 0 Å². The van der Waals surface area contributed by atoms with Gasteiger partial charge in [-0.1, -0.05) is 11.6 Å². The minimum atomic E-state index is -0.447. The van der Waals surface area contributed by atoms with E-state index < -0.39 is 5.97 Å². The van der Waals surface area contributed by atoms with Crippen molar-refractivity contribution in [2.45, 2.75) is 19.8 Å². The fraction of sp³-hybridized carbons (Fsp3) is 0.357. The fourth-order valence-electron chi connectivity index (χ4n) is 1.82. The minimum absolute atomic E-state index is 0.0979. The topological polar surface area (TPSA) is 77.0 Å². The zero-order valence-electron chi connectivity index (χ0n) is 11.5. The van der Waals surface area contributed by atoms with Crippen molar-refractivity contribution >= 4 is 29.2 Å². The Hall–Kier alpha value is -2.08. The molecule has 0 aromatic heterocycles. The average molecular weight is 311 g/mol. The summed E-state index contributed by atoms with van der Waals surface area (Å²) >= 11 is 6.12. The lowest BCUT2D eigenvalue weighted by atomic mass is 10.0. The van der Waals surface area contributed by atoms with Crippen LogP contribution in [0.15, 0.2) is 23.3 Å². The van der Waals surface area contributed by atoms with E-state index in [-0.39, 0.29) is 12.5 Å². The Bertz CT molecular complexity index is 586. The van der Waals surface area contributed by atoms with Gasteiger partial charge in [-0.25, -0.2) is 10.2 Å². The van der Waals surface area contributed by atoms with Crippen molar-refractivity contribution in [3.8, 4) is 5.75 Å². The Kier molecular flexibility index (Phi) is 5.16. The molecule has 1 aromatic carbocycles. The first kappa shape index (κ1) is 15.3. The zero-order valence-corrected chi connectivity index (χ0v) is 12.3. The SMILES string of the molecule is CCOC(=O)COc1ccc(C2=NNC(=O)CC2)cc1Cl. The highest BCUT2D eigenvalue weighted by molar-refractivity contribution is 6.32. The molecule has 21 heavy (non-hydrogen) atoms. The summed E-state index contributed by atoms with van der Waals surface area (Å²) in [5, 5.41) is 4.37. The highest BCUT2D eigenvalue weighted by atomic mass is 35.5. The van der Waals surface area contributed by atoms with Gasteiger partial charge in [-0.3, -0.25) is 4.79 Å². The lowest BCUT2D eigenvalue weighted by molar-refractivity contribution is -0.145. The Morgan fingerprint density at radius 3 is 2.86 bits per heavy atom. The minimum Gasteiger partial charge on any atom is -0.480 e. The second-order valence-corrected chi connectivity index (χ2v) is 4.74. The van der Waals surface area contributed by atoms with Crippen LogP contribution in [0.2, 0.25) is 5.02 Å². The van der Waals surface area contributed by atoms with Crippen LogP contribution < -0.4 is 10.2 Å². The van der Waals surface area contributed by atoms with Crippen LogP contribution in [0.4, 0.5) is 0 Å². The van der Waals surface area contributed by atoms with Crippen molar-refractivity contribution in [2.24, 2.45) is 5.10 Å². The van der Waals surface area contributed by atoms with Crippen molar-refractivity contribution in [3.05, 3.63) is 28.8 Å². The van der Waals surface area contributed by atoms with Crippen molar-refractivity contribution < 1.29 is 19.1 Å². The van der Waals surface area contributed by atoms with E-state index >= 15 is 0 Å². The number of benzene rings is 1. The number of carbonyl (C=O) groups is 2. The Morgan fingerprint density at radius 2 is 2.24 bits per heavy atom. The quantitative estimate of drug-likeness (QED) is 0.843. The van der Waals surface area contributed by atoms with E-state index in [1.165, 1.54) is 0 Å². The summed E-state index contributed by atoms with van der Waals surface area (Å²) in [5.74, 6) is -0.148. The number of carbonyl (C=O) groups excluding carboxylic acids is 2. The summed E-state index contributed by atoms with van der Waals surface area (Å²) < 4.78 is 10.1. The summed E-state index contributed by atoms with van der Waals surface area (Å²) in [6.45, 7) is 1.84. The molecule has 0 aliphatic carbocycles. The molecule has 1 aliphatic heterocycles. The molecule has 7 heteroatoms. The first-order valence-corrected chi connectivity index (χ1v) is 6.91. The molecular formula is C14H15ClN2O4. The summed E-state index contributed by atoms with van der Waals surface area (Å²) in [7, 11) is 0. The zero-order chi connectivity index (χ0) is 15.2. The number of hydrazone groups is 1. The summed E-state index contributed by atoms with van der Waals surface area (Å²) in [6.07, 6.45) is 0.961. The molecule has 1 aromatic rings. The van der Waals surface area contributed by atoms with Gasteiger partial charge in [-0.05, 0) is 30.7 Å². The van der Waals surface area contributed by atoms with Crippen molar-refractivity contribution in [3.63, 3.8) is 0 Å². The number of amides is 1. The first-order chi connectivity index (χ1) is 10.1. The van der Waals surface area contributed by atoms with Crippen LogP contribution in [0.1, 0.15) is 25.3 Å². The number of esters is 1. The number of halogens is 1. The van der Waals surface area contributed by atoms with Gasteiger partial charge in [0.2, 0.25) is 5.91 Å². The molecule has 0 atom stereocenters. The standard InChI is InChI=1S/C14H15ClN2O4/c1-2-20-14(19)8-21-12-5-3-9(7-10(12)15)11-4-6-13(18)17-16-11/h3,5,7H,2,4,6,8H2,1H3,(H,17,18). The van der Waals surface area contributed by atoms with Gasteiger partial charge in [0, 0.05) is 12.8 Å². The van der Waals surface area contributed by atoms with Gasteiger partial charge in [0.05, 0.1) is 17.3 Å². The van der Waals surface area contributed by atoms with Gasteiger partial charge in [0.25, 0.3) is 0 Å². The molecule has 1 aliphatic rings. The third kappa shape index (κ3) is 4.19. The van der Waals surface area contributed by atoms with Gasteiger partial charge >= 0.3 is 5.97 Å². The third-order valence-electron chi connectivity index (χ3n) is 2.82. The molecule has 0 spiro atoms. The number of hydrogen-bond donors (Lipinski definition) is 1. The maximum atomic E-state index is 11.2. The number of ether oxygens (including phenoxy) is 2. The number of nitrogens with zero attached hydrogens (tertiary/aromatic N) is 1. The van der Waals surface area contributed by atoms with Crippen LogP contribution >= 0.6 is 11.6 Å². The maximum absolute atomic E-state index is 11.2. The molecule has 1 N–H and O–H groups in total. The van der Waals surface area contributed by atoms with E-state index in [1.54, 1.807) is 25.1 Å². The van der Waals surface area contributed by atoms with Gasteiger partial charge in [0.1, 0.15) is 5.75 Å². The largest absolute Gasteiger partial charge is 0.480 e. The highest BCUT2D eigenvalue weighted by Crippen LogP contribution is 2.26. The summed E-state index contributed by atoms with van der Waals surface area (Å²) in [4.78, 5) is 22.3. The van der Waals surface area contributed by atoms with E-state index in [9.17, 15) is 9.59 Å². The molecular weight excluding hydrogens is 296 g/mol. The monoisotopic (exact) mass is 310 g/mol. The van der Waals surface area contributed by atoms with Crippen LogP contribution in [0.3, 0.4) is 0 Å². The summed E-state index contributed by atoms with van der Waals surface area (Å²) in [6, 6.07) is 5.14. The molecule has 0 radical (unpaired) electrons. The predicted octanol–water partition coefficient (Wildman–Crippen LogP) is 1.90. The van der Waals surface area contributed by atoms with E-state index in [1.807, 2.05) is 0 Å². The van der Waals surface area contributed by atoms with Gasteiger partial charge in [-0.2, -0.15) is 5.10 Å². The first-order valence-electron chi connectivity index (χ1n) is 6.54. The molecule has 1 heterocycles. The lowest BCUT2D eigenvalue weighted by Gasteiger charge is -2.13. The van der Waals surface area contributed by atoms with Crippen LogP contribution in [-0.4, -0.2) is 30.8 Å². The van der Waals surface area contributed by atoms with E-state index in [0.29, 0.717) is 30.2 Å². The molecule has 0 saturated heterocycles. The molecule has 0 bridgehead atoms. The normalized spacial score (nSPS) is 14.2. The molecule has 1 amide bonds. The van der Waals surface area contributed by atoms with Crippen LogP contribution in [0.5, 0.6) is 5.75 Å². The smallest absolute Gasteiger partial charge is 0.344 e. The molecule has 0 unspecified atom stereocenters. The molecule has 112 valence electrons. The van der Waals surface area contributed by atoms with E-state index in [2.05, 4.69) is 10.5 Å². The van der Waals surface area contributed by atoms with E-state index in [0.717, 1.165) is 11.3 Å². The lowest BCUT2D eigenvalue weighted by Crippen LogP contribution is -2.25. The Morgan fingerprint density at radius 1 is 1.43 bits per heavy atom. The Balaban J connectivity index is 2.04. The van der Waals surface area contributed by atoms with Crippen LogP contribution in [0, 0.1) is 0 Å².